The van der Waals surface area contributed by atoms with E-state index in [1.54, 1.807) is 13.2 Å². The number of ether oxygens (including phenoxy) is 1. The van der Waals surface area contributed by atoms with E-state index in [1.165, 1.54) is 11.6 Å². The zero-order chi connectivity index (χ0) is 20.2. The fourth-order valence-corrected chi connectivity index (χ4v) is 5.98. The van der Waals surface area contributed by atoms with Gasteiger partial charge in [0.25, 0.3) is 0 Å². The van der Waals surface area contributed by atoms with Crippen LogP contribution in [0.2, 0.25) is 0 Å². The molecule has 5 rings (SSSR count). The molecule has 2 N–H and O–H groups in total. The number of rotatable bonds is 1. The zero-order valence-electron chi connectivity index (χ0n) is 16.9. The first-order chi connectivity index (χ1) is 14.0. The van der Waals surface area contributed by atoms with Crippen molar-refractivity contribution in [3.05, 3.63) is 70.0 Å². The number of benzene rings is 2. The van der Waals surface area contributed by atoms with E-state index in [0.717, 1.165) is 48.8 Å². The maximum absolute atomic E-state index is 14.8. The average molecular weight is 388 g/mol. The lowest BCUT2D eigenvalue weighted by Crippen LogP contribution is -2.45. The van der Waals surface area contributed by atoms with Gasteiger partial charge in [-0.1, -0.05) is 24.1 Å². The van der Waals surface area contributed by atoms with Crippen LogP contribution in [0.3, 0.4) is 0 Å². The third-order valence-electron chi connectivity index (χ3n) is 7.24. The molecule has 3 nitrogen and oxygen atoms in total. The summed E-state index contributed by atoms with van der Waals surface area (Å²) in [4.78, 5) is 5.08. The molecule has 0 radical (unpaired) electrons. The third-order valence-corrected chi connectivity index (χ3v) is 7.24. The zero-order valence-corrected chi connectivity index (χ0v) is 16.9. The van der Waals surface area contributed by atoms with E-state index in [0.29, 0.717) is 11.4 Å². The number of halogens is 1. The predicted molar refractivity (Wildman–Crippen MR) is 112 cm³/mol. The minimum Gasteiger partial charge on any atom is -0.383 e. The summed E-state index contributed by atoms with van der Waals surface area (Å²) in [5, 5.41) is 0. The number of hydrogen-bond donors (Lipinski definition) is 1. The van der Waals surface area contributed by atoms with Crippen molar-refractivity contribution in [1.29, 1.82) is 0 Å². The second-order valence-corrected chi connectivity index (χ2v) is 8.51. The molecule has 1 saturated carbocycles. The predicted octanol–water partition coefficient (Wildman–Crippen LogP) is 4.29. The molecule has 1 unspecified atom stereocenters. The van der Waals surface area contributed by atoms with Crippen LogP contribution in [0, 0.1) is 23.1 Å². The van der Waals surface area contributed by atoms with Crippen molar-refractivity contribution in [2.24, 2.45) is 16.1 Å². The summed E-state index contributed by atoms with van der Waals surface area (Å²) in [6.45, 7) is 1.84. The molecular formula is C25H25FN2O. The average Bonchev–Trinajstić information content (AvgIpc) is 3.17. The molecule has 2 aromatic carbocycles. The largest absolute Gasteiger partial charge is 0.383 e. The van der Waals surface area contributed by atoms with Gasteiger partial charge in [-0.3, -0.25) is 4.99 Å². The van der Waals surface area contributed by atoms with Gasteiger partial charge in [0.05, 0.1) is 11.7 Å². The van der Waals surface area contributed by atoms with Gasteiger partial charge in [0.1, 0.15) is 17.2 Å². The molecule has 0 amide bonds. The van der Waals surface area contributed by atoms with Crippen molar-refractivity contribution >= 4 is 5.84 Å². The number of amidine groups is 1. The summed E-state index contributed by atoms with van der Waals surface area (Å²) in [5.41, 5.74) is 10.4. The molecule has 2 spiro atoms. The summed E-state index contributed by atoms with van der Waals surface area (Å²) in [6, 6.07) is 11.7. The molecule has 3 aliphatic rings. The van der Waals surface area contributed by atoms with Crippen molar-refractivity contribution in [3.8, 4) is 11.8 Å². The van der Waals surface area contributed by atoms with Crippen LogP contribution in [0.5, 0.6) is 0 Å². The number of fused-ring (bicyclic) bond motifs is 5. The maximum atomic E-state index is 14.8. The van der Waals surface area contributed by atoms with E-state index in [9.17, 15) is 4.39 Å². The van der Waals surface area contributed by atoms with Crippen molar-refractivity contribution in [2.75, 3.05) is 7.11 Å². The Morgan fingerprint density at radius 2 is 1.97 bits per heavy atom. The monoisotopic (exact) mass is 388 g/mol. The second-order valence-electron chi connectivity index (χ2n) is 8.51. The fourth-order valence-electron chi connectivity index (χ4n) is 5.98. The van der Waals surface area contributed by atoms with Crippen LogP contribution in [0.4, 0.5) is 4.39 Å². The van der Waals surface area contributed by atoms with E-state index in [1.807, 2.05) is 13.0 Å². The molecule has 0 bridgehead atoms. The Labute approximate surface area is 171 Å². The summed E-state index contributed by atoms with van der Waals surface area (Å²) in [6.07, 6.45) is 5.11. The van der Waals surface area contributed by atoms with Crippen LogP contribution in [0.25, 0.3) is 0 Å². The van der Waals surface area contributed by atoms with E-state index in [-0.39, 0.29) is 17.3 Å². The van der Waals surface area contributed by atoms with E-state index >= 15 is 0 Å². The van der Waals surface area contributed by atoms with E-state index < -0.39 is 5.54 Å². The minimum atomic E-state index is -0.645. The highest BCUT2D eigenvalue weighted by Gasteiger charge is 2.62. The highest BCUT2D eigenvalue weighted by Crippen LogP contribution is 2.64. The molecule has 148 valence electrons. The molecule has 4 heteroatoms. The molecule has 2 aromatic rings. The van der Waals surface area contributed by atoms with E-state index in [2.05, 4.69) is 30.0 Å². The first-order valence-corrected chi connectivity index (χ1v) is 10.3. The summed E-state index contributed by atoms with van der Waals surface area (Å²) < 4.78 is 20.5. The van der Waals surface area contributed by atoms with Gasteiger partial charge in [0, 0.05) is 18.1 Å². The minimum absolute atomic E-state index is 0.119. The number of methoxy groups -OCH3 is 1. The van der Waals surface area contributed by atoms with Gasteiger partial charge < -0.3 is 10.5 Å². The highest BCUT2D eigenvalue weighted by atomic mass is 19.1. The van der Waals surface area contributed by atoms with Gasteiger partial charge in [-0.2, -0.15) is 0 Å². The molecule has 1 fully saturated rings. The Balaban J connectivity index is 1.78. The van der Waals surface area contributed by atoms with Crippen LogP contribution in [-0.4, -0.2) is 19.0 Å². The van der Waals surface area contributed by atoms with Gasteiger partial charge in [-0.15, -0.1) is 5.92 Å². The van der Waals surface area contributed by atoms with Gasteiger partial charge in [0.2, 0.25) is 0 Å². The molecule has 1 atom stereocenters. The number of nitrogens with zero attached hydrogens (tertiary/aromatic N) is 1. The number of aliphatic imine (C=N–C) groups is 1. The van der Waals surface area contributed by atoms with Gasteiger partial charge in [-0.05, 0) is 73.9 Å². The Morgan fingerprint density at radius 3 is 2.69 bits per heavy atom. The summed E-state index contributed by atoms with van der Waals surface area (Å²) in [5.74, 6) is 6.18. The first-order valence-electron chi connectivity index (χ1n) is 10.3. The molecule has 2 aliphatic carbocycles. The molecule has 0 saturated heterocycles. The fraction of sp³-hybridized carbons (Fsp3) is 0.400. The Hall–Kier alpha value is -2.64. The number of hydrogen-bond acceptors (Lipinski definition) is 3. The second kappa shape index (κ2) is 6.43. The third kappa shape index (κ3) is 2.37. The summed E-state index contributed by atoms with van der Waals surface area (Å²) >= 11 is 0. The van der Waals surface area contributed by atoms with Crippen molar-refractivity contribution in [2.45, 2.75) is 50.7 Å². The summed E-state index contributed by atoms with van der Waals surface area (Å²) in [7, 11) is 1.79. The SMILES string of the molecule is CC#Cc1ccc2c(c1)C1(N=C(N)c3c(F)cccc31)C1(CCC(OC)CC1)C2. The lowest BCUT2D eigenvalue weighted by molar-refractivity contribution is 0.00682. The van der Waals surface area contributed by atoms with Crippen molar-refractivity contribution in [3.63, 3.8) is 0 Å². The Bertz CT molecular complexity index is 1090. The van der Waals surface area contributed by atoms with Crippen LogP contribution >= 0.6 is 0 Å². The quantitative estimate of drug-likeness (QED) is 0.741. The van der Waals surface area contributed by atoms with Crippen molar-refractivity contribution < 1.29 is 9.13 Å². The Kier molecular flexibility index (Phi) is 4.08. The molecular weight excluding hydrogens is 363 g/mol. The standard InChI is InChI=1S/C25H25FN2O/c1-3-5-16-8-9-17-15-24(12-10-18(29-2)11-13-24)25(20(17)14-16)19-6-4-7-21(26)22(19)23(27)28-25/h4,6-9,14,18H,10-13,15H2,1-2H3,(H2,27,28). The molecule has 1 aliphatic heterocycles. The van der Waals surface area contributed by atoms with Crippen LogP contribution in [0.1, 0.15) is 60.4 Å². The van der Waals surface area contributed by atoms with Crippen LogP contribution < -0.4 is 5.73 Å². The van der Waals surface area contributed by atoms with Gasteiger partial charge >= 0.3 is 0 Å². The van der Waals surface area contributed by atoms with Crippen molar-refractivity contribution in [1.82, 2.24) is 0 Å². The van der Waals surface area contributed by atoms with Crippen LogP contribution in [0.15, 0.2) is 41.4 Å². The topological polar surface area (TPSA) is 47.6 Å². The lowest BCUT2D eigenvalue weighted by Gasteiger charge is -2.47. The maximum Gasteiger partial charge on any atom is 0.134 e. The highest BCUT2D eigenvalue weighted by molar-refractivity contribution is 6.03. The Morgan fingerprint density at radius 1 is 1.17 bits per heavy atom. The normalized spacial score (nSPS) is 29.3. The first kappa shape index (κ1) is 18.4. The molecule has 1 heterocycles. The van der Waals surface area contributed by atoms with E-state index in [4.69, 9.17) is 15.5 Å². The molecule has 0 aromatic heterocycles. The van der Waals surface area contributed by atoms with Crippen LogP contribution in [-0.2, 0) is 16.7 Å². The smallest absolute Gasteiger partial charge is 0.134 e. The van der Waals surface area contributed by atoms with Gasteiger partial charge in [-0.25, -0.2) is 4.39 Å². The number of nitrogens with two attached hydrogens (primary N) is 1. The molecule has 29 heavy (non-hydrogen) atoms. The van der Waals surface area contributed by atoms with Gasteiger partial charge in [0.15, 0.2) is 0 Å². The lowest BCUT2D eigenvalue weighted by atomic mass is 9.59.